The molecule has 0 bridgehead atoms. The highest BCUT2D eigenvalue weighted by atomic mass is 16.4. The summed E-state index contributed by atoms with van der Waals surface area (Å²) in [4.78, 5) is 29.5. The van der Waals surface area contributed by atoms with Gasteiger partial charge in [0, 0.05) is 31.9 Å². The average molecular weight is 288 g/mol. The van der Waals surface area contributed by atoms with E-state index in [0.717, 1.165) is 5.69 Å². The van der Waals surface area contributed by atoms with Crippen molar-refractivity contribution in [3.05, 3.63) is 42.2 Å². The van der Waals surface area contributed by atoms with Crippen molar-refractivity contribution in [2.45, 2.75) is 19.3 Å². The molecule has 5 heteroatoms. The number of amides is 1. The Hall–Kier alpha value is -2.17. The van der Waals surface area contributed by atoms with Crippen LogP contribution < -0.4 is 0 Å². The van der Waals surface area contributed by atoms with Crippen molar-refractivity contribution < 1.29 is 14.7 Å². The van der Waals surface area contributed by atoms with Crippen molar-refractivity contribution in [1.29, 1.82) is 0 Å². The summed E-state index contributed by atoms with van der Waals surface area (Å²) >= 11 is 0. The molecule has 1 aliphatic carbocycles. The number of carbonyl (C=O) groups is 2. The van der Waals surface area contributed by atoms with Crippen molar-refractivity contribution >= 4 is 11.9 Å². The van der Waals surface area contributed by atoms with Gasteiger partial charge in [-0.05, 0) is 25.0 Å². The first-order chi connectivity index (χ1) is 10.1. The van der Waals surface area contributed by atoms with Gasteiger partial charge >= 0.3 is 5.97 Å². The van der Waals surface area contributed by atoms with Crippen LogP contribution in [0.25, 0.3) is 0 Å². The number of rotatable bonds is 5. The van der Waals surface area contributed by atoms with Crippen molar-refractivity contribution in [2.24, 2.45) is 11.8 Å². The molecule has 1 amide bonds. The van der Waals surface area contributed by atoms with Gasteiger partial charge in [0.25, 0.3) is 0 Å². The van der Waals surface area contributed by atoms with Gasteiger partial charge in [-0.15, -0.1) is 0 Å². The van der Waals surface area contributed by atoms with Crippen LogP contribution in [0.1, 0.15) is 18.5 Å². The third-order valence-corrected chi connectivity index (χ3v) is 3.87. The lowest BCUT2D eigenvalue weighted by atomic mass is 9.82. The highest BCUT2D eigenvalue weighted by molar-refractivity contribution is 5.85. The Balaban J connectivity index is 1.95. The predicted molar refractivity (Wildman–Crippen MR) is 78.6 cm³/mol. The molecule has 0 saturated heterocycles. The number of carboxylic acid groups (broad SMARTS) is 1. The Morgan fingerprint density at radius 2 is 2.00 bits per heavy atom. The third-order valence-electron chi connectivity index (χ3n) is 3.87. The lowest BCUT2D eigenvalue weighted by molar-refractivity contribution is -0.150. The summed E-state index contributed by atoms with van der Waals surface area (Å²) in [7, 11) is 1.72. The van der Waals surface area contributed by atoms with Crippen molar-refractivity contribution in [1.82, 2.24) is 9.88 Å². The summed E-state index contributed by atoms with van der Waals surface area (Å²) in [6.45, 7) is 0.544. The molecule has 112 valence electrons. The Labute approximate surface area is 124 Å². The molecule has 0 aromatic carbocycles. The molecule has 0 unspecified atom stereocenters. The Bertz CT molecular complexity index is 528. The lowest BCUT2D eigenvalue weighted by Gasteiger charge is -2.28. The highest BCUT2D eigenvalue weighted by Gasteiger charge is 2.35. The Morgan fingerprint density at radius 1 is 1.29 bits per heavy atom. The van der Waals surface area contributed by atoms with E-state index in [-0.39, 0.29) is 5.91 Å². The van der Waals surface area contributed by atoms with Gasteiger partial charge in [-0.2, -0.15) is 0 Å². The smallest absolute Gasteiger partial charge is 0.307 e. The number of aromatic nitrogens is 1. The molecule has 1 N–H and O–H groups in total. The Kier molecular flexibility index (Phi) is 5.09. The van der Waals surface area contributed by atoms with Gasteiger partial charge in [-0.3, -0.25) is 14.6 Å². The second kappa shape index (κ2) is 7.02. The fourth-order valence-electron chi connectivity index (χ4n) is 2.58. The van der Waals surface area contributed by atoms with Gasteiger partial charge in [-0.25, -0.2) is 0 Å². The van der Waals surface area contributed by atoms with E-state index >= 15 is 0 Å². The second-order valence-corrected chi connectivity index (χ2v) is 5.32. The van der Waals surface area contributed by atoms with Gasteiger partial charge in [-0.1, -0.05) is 18.2 Å². The molecule has 1 aromatic rings. The quantitative estimate of drug-likeness (QED) is 0.838. The molecule has 1 aliphatic rings. The van der Waals surface area contributed by atoms with E-state index in [0.29, 0.717) is 25.8 Å². The topological polar surface area (TPSA) is 70.5 Å². The fourth-order valence-corrected chi connectivity index (χ4v) is 2.58. The highest BCUT2D eigenvalue weighted by Crippen LogP contribution is 2.27. The van der Waals surface area contributed by atoms with Crippen LogP contribution in [0.3, 0.4) is 0 Å². The van der Waals surface area contributed by atoms with E-state index < -0.39 is 17.8 Å². The standard InChI is InChI=1S/C16H20N2O3/c1-18(11-9-12-6-4-5-10-17-12)15(19)13-7-2-3-8-14(13)16(20)21/h2-6,10,13-14H,7-9,11H2,1H3,(H,20,21)/t13-,14+/m1/s1. The van der Waals surface area contributed by atoms with E-state index in [1.54, 1.807) is 18.1 Å². The summed E-state index contributed by atoms with van der Waals surface area (Å²) in [6, 6.07) is 5.68. The SMILES string of the molecule is CN(CCc1ccccn1)C(=O)[C@@H]1CC=CC[C@@H]1C(=O)O. The first kappa shape index (κ1) is 15.2. The largest absolute Gasteiger partial charge is 0.481 e. The number of aliphatic carboxylic acids is 1. The molecule has 0 spiro atoms. The average Bonchev–Trinajstić information content (AvgIpc) is 2.52. The number of hydrogen-bond acceptors (Lipinski definition) is 3. The maximum absolute atomic E-state index is 12.4. The molecular formula is C16H20N2O3. The van der Waals surface area contributed by atoms with E-state index in [2.05, 4.69) is 4.98 Å². The number of pyridine rings is 1. The molecule has 0 fully saturated rings. The first-order valence-electron chi connectivity index (χ1n) is 7.12. The number of allylic oxidation sites excluding steroid dienone is 2. The zero-order valence-electron chi connectivity index (χ0n) is 12.1. The van der Waals surface area contributed by atoms with Crippen LogP contribution in [-0.4, -0.2) is 40.5 Å². The Morgan fingerprint density at radius 3 is 2.62 bits per heavy atom. The van der Waals surface area contributed by atoms with Crippen LogP contribution in [0.2, 0.25) is 0 Å². The third kappa shape index (κ3) is 3.90. The minimum Gasteiger partial charge on any atom is -0.481 e. The summed E-state index contributed by atoms with van der Waals surface area (Å²) in [6.07, 6.45) is 7.07. The van der Waals surface area contributed by atoms with Crippen molar-refractivity contribution in [3.8, 4) is 0 Å². The zero-order chi connectivity index (χ0) is 15.2. The lowest BCUT2D eigenvalue weighted by Crippen LogP contribution is -2.40. The first-order valence-corrected chi connectivity index (χ1v) is 7.12. The minimum atomic E-state index is -0.893. The molecule has 1 aromatic heterocycles. The van der Waals surface area contributed by atoms with Crippen LogP contribution in [0.5, 0.6) is 0 Å². The summed E-state index contributed by atoms with van der Waals surface area (Å²) in [5.74, 6) is -2.06. The van der Waals surface area contributed by atoms with Crippen molar-refractivity contribution in [2.75, 3.05) is 13.6 Å². The number of hydrogen-bond donors (Lipinski definition) is 1. The molecule has 1 heterocycles. The molecule has 2 atom stereocenters. The normalized spacial score (nSPS) is 21.0. The van der Waals surface area contributed by atoms with Crippen molar-refractivity contribution in [3.63, 3.8) is 0 Å². The van der Waals surface area contributed by atoms with E-state index in [4.69, 9.17) is 0 Å². The van der Waals surface area contributed by atoms with Gasteiger partial charge < -0.3 is 10.0 Å². The zero-order valence-corrected chi connectivity index (χ0v) is 12.1. The molecule has 0 radical (unpaired) electrons. The molecule has 5 nitrogen and oxygen atoms in total. The van der Waals surface area contributed by atoms with Crippen LogP contribution >= 0.6 is 0 Å². The van der Waals surface area contributed by atoms with Gasteiger partial charge in [0.1, 0.15) is 0 Å². The number of nitrogens with zero attached hydrogens (tertiary/aromatic N) is 2. The van der Waals surface area contributed by atoms with Gasteiger partial charge in [0.2, 0.25) is 5.91 Å². The molecule has 2 rings (SSSR count). The van der Waals surface area contributed by atoms with Crippen LogP contribution in [0.4, 0.5) is 0 Å². The van der Waals surface area contributed by atoms with E-state index in [1.165, 1.54) is 0 Å². The molecule has 0 aliphatic heterocycles. The monoisotopic (exact) mass is 288 g/mol. The summed E-state index contributed by atoms with van der Waals surface area (Å²) in [5.41, 5.74) is 0.926. The second-order valence-electron chi connectivity index (χ2n) is 5.32. The summed E-state index contributed by atoms with van der Waals surface area (Å²) in [5, 5.41) is 9.23. The fraction of sp³-hybridized carbons (Fsp3) is 0.438. The van der Waals surface area contributed by atoms with Crippen LogP contribution in [0, 0.1) is 11.8 Å². The number of likely N-dealkylation sites (N-methyl/N-ethyl adjacent to an activating group) is 1. The van der Waals surface area contributed by atoms with Gasteiger partial charge in [0.05, 0.1) is 11.8 Å². The predicted octanol–water partition coefficient (Wildman–Crippen LogP) is 1.75. The van der Waals surface area contributed by atoms with Gasteiger partial charge in [0.15, 0.2) is 0 Å². The summed E-state index contributed by atoms with van der Waals surface area (Å²) < 4.78 is 0. The maximum Gasteiger partial charge on any atom is 0.307 e. The van der Waals surface area contributed by atoms with E-state index in [1.807, 2.05) is 30.4 Å². The number of carboxylic acids is 1. The maximum atomic E-state index is 12.4. The molecule has 0 saturated carbocycles. The van der Waals surface area contributed by atoms with Crippen LogP contribution in [-0.2, 0) is 16.0 Å². The minimum absolute atomic E-state index is 0.0947. The molecule has 21 heavy (non-hydrogen) atoms. The molecular weight excluding hydrogens is 268 g/mol. The number of carbonyl (C=O) groups excluding carboxylic acids is 1. The van der Waals surface area contributed by atoms with E-state index in [9.17, 15) is 14.7 Å². The van der Waals surface area contributed by atoms with Crippen LogP contribution in [0.15, 0.2) is 36.5 Å².